The first-order chi connectivity index (χ1) is 6.63. The van der Waals surface area contributed by atoms with Crippen LogP contribution in [0.4, 0.5) is 6.01 Å². The standard InChI is InChI=1S/C8H16N4OS/c1-5(4-14-3)10-8-12-11-7(13-8)6(2)9/h5-6H,4,9H2,1-3H3,(H,10,12). The summed E-state index contributed by atoms with van der Waals surface area (Å²) in [5.41, 5.74) is 5.59. The molecule has 1 heterocycles. The third kappa shape index (κ3) is 3.19. The molecule has 1 aromatic heterocycles. The second-order valence-corrected chi connectivity index (χ2v) is 4.15. The highest BCUT2D eigenvalue weighted by atomic mass is 32.2. The van der Waals surface area contributed by atoms with Crippen LogP contribution < -0.4 is 11.1 Å². The molecule has 1 rings (SSSR count). The largest absolute Gasteiger partial charge is 0.406 e. The van der Waals surface area contributed by atoms with Crippen LogP contribution >= 0.6 is 11.8 Å². The van der Waals surface area contributed by atoms with E-state index in [0.717, 1.165) is 5.75 Å². The van der Waals surface area contributed by atoms with E-state index in [2.05, 4.69) is 28.7 Å². The van der Waals surface area contributed by atoms with Crippen molar-refractivity contribution in [2.45, 2.75) is 25.9 Å². The quantitative estimate of drug-likeness (QED) is 0.771. The van der Waals surface area contributed by atoms with Gasteiger partial charge >= 0.3 is 6.01 Å². The highest BCUT2D eigenvalue weighted by molar-refractivity contribution is 7.98. The topological polar surface area (TPSA) is 77.0 Å². The fourth-order valence-electron chi connectivity index (χ4n) is 0.979. The Labute approximate surface area is 87.8 Å². The second-order valence-electron chi connectivity index (χ2n) is 3.23. The van der Waals surface area contributed by atoms with Crippen molar-refractivity contribution in [3.63, 3.8) is 0 Å². The third-order valence-corrected chi connectivity index (χ3v) is 2.45. The van der Waals surface area contributed by atoms with Gasteiger partial charge in [-0.1, -0.05) is 5.10 Å². The first kappa shape index (κ1) is 11.3. The Morgan fingerprint density at radius 1 is 1.50 bits per heavy atom. The Kier molecular flexibility index (Phi) is 4.21. The van der Waals surface area contributed by atoms with E-state index in [1.807, 2.05) is 6.92 Å². The van der Waals surface area contributed by atoms with Crippen LogP contribution in [0.5, 0.6) is 0 Å². The maximum absolute atomic E-state index is 5.59. The molecule has 0 bridgehead atoms. The van der Waals surface area contributed by atoms with Crippen LogP contribution in [0.3, 0.4) is 0 Å². The van der Waals surface area contributed by atoms with Crippen LogP contribution in [0.1, 0.15) is 25.8 Å². The minimum absolute atomic E-state index is 0.214. The van der Waals surface area contributed by atoms with Crippen molar-refractivity contribution in [3.05, 3.63) is 5.89 Å². The van der Waals surface area contributed by atoms with Gasteiger partial charge in [0.15, 0.2) is 0 Å². The van der Waals surface area contributed by atoms with Crippen molar-refractivity contribution in [1.29, 1.82) is 0 Å². The molecule has 0 radical (unpaired) electrons. The van der Waals surface area contributed by atoms with E-state index in [9.17, 15) is 0 Å². The average molecular weight is 216 g/mol. The number of nitrogens with one attached hydrogen (secondary N) is 1. The summed E-state index contributed by atoms with van der Waals surface area (Å²) in [5, 5.41) is 10.8. The number of rotatable bonds is 5. The van der Waals surface area contributed by atoms with Gasteiger partial charge in [0.25, 0.3) is 0 Å². The molecule has 0 aliphatic heterocycles. The summed E-state index contributed by atoms with van der Waals surface area (Å²) in [6, 6.07) is 0.541. The normalized spacial score (nSPS) is 15.1. The summed E-state index contributed by atoms with van der Waals surface area (Å²) < 4.78 is 5.29. The van der Waals surface area contributed by atoms with Gasteiger partial charge in [-0.3, -0.25) is 0 Å². The molecule has 1 aromatic rings. The molecule has 5 nitrogen and oxygen atoms in total. The Bertz CT molecular complexity index is 276. The monoisotopic (exact) mass is 216 g/mol. The van der Waals surface area contributed by atoms with E-state index in [-0.39, 0.29) is 6.04 Å². The van der Waals surface area contributed by atoms with Gasteiger partial charge in [-0.2, -0.15) is 11.8 Å². The number of anilines is 1. The second kappa shape index (κ2) is 5.21. The van der Waals surface area contributed by atoms with Gasteiger partial charge in [-0.05, 0) is 20.1 Å². The lowest BCUT2D eigenvalue weighted by molar-refractivity contribution is 0.470. The lowest BCUT2D eigenvalue weighted by Gasteiger charge is -2.08. The fourth-order valence-corrected chi connectivity index (χ4v) is 1.56. The maximum Gasteiger partial charge on any atom is 0.315 e. The van der Waals surface area contributed by atoms with Gasteiger partial charge in [-0.15, -0.1) is 5.10 Å². The molecule has 14 heavy (non-hydrogen) atoms. The molecule has 0 spiro atoms. The molecule has 80 valence electrons. The molecule has 2 unspecified atom stereocenters. The van der Waals surface area contributed by atoms with Gasteiger partial charge < -0.3 is 15.5 Å². The lowest BCUT2D eigenvalue weighted by Crippen LogP contribution is -2.17. The van der Waals surface area contributed by atoms with Crippen molar-refractivity contribution in [1.82, 2.24) is 10.2 Å². The third-order valence-electron chi connectivity index (χ3n) is 1.62. The molecule has 0 aliphatic carbocycles. The van der Waals surface area contributed by atoms with Crippen LogP contribution in [-0.4, -0.2) is 28.2 Å². The summed E-state index contributed by atoms with van der Waals surface area (Å²) >= 11 is 1.77. The van der Waals surface area contributed by atoms with Crippen LogP contribution in [0.2, 0.25) is 0 Å². The molecule has 2 atom stereocenters. The van der Waals surface area contributed by atoms with E-state index in [1.165, 1.54) is 0 Å². The zero-order chi connectivity index (χ0) is 10.6. The van der Waals surface area contributed by atoms with Crippen molar-refractivity contribution in [2.24, 2.45) is 5.73 Å². The Morgan fingerprint density at radius 2 is 2.21 bits per heavy atom. The van der Waals surface area contributed by atoms with Crippen LogP contribution in [0, 0.1) is 0 Å². The Balaban J connectivity index is 2.51. The minimum Gasteiger partial charge on any atom is -0.406 e. The number of thioether (sulfide) groups is 1. The van der Waals surface area contributed by atoms with Crippen molar-refractivity contribution in [2.75, 3.05) is 17.3 Å². The number of aromatic nitrogens is 2. The van der Waals surface area contributed by atoms with Crippen LogP contribution in [0.15, 0.2) is 4.42 Å². The summed E-state index contributed by atoms with van der Waals surface area (Å²) in [7, 11) is 0. The van der Waals surface area contributed by atoms with Crippen molar-refractivity contribution < 1.29 is 4.42 Å². The van der Waals surface area contributed by atoms with Gasteiger partial charge in [0.1, 0.15) is 0 Å². The Morgan fingerprint density at radius 3 is 2.71 bits per heavy atom. The molecule has 0 aromatic carbocycles. The molecule has 3 N–H and O–H groups in total. The number of nitrogens with zero attached hydrogens (tertiary/aromatic N) is 2. The summed E-state index contributed by atoms with van der Waals surface area (Å²) in [5.74, 6) is 1.46. The molecule has 0 saturated heterocycles. The number of hydrogen-bond donors (Lipinski definition) is 2. The lowest BCUT2D eigenvalue weighted by atomic mass is 10.4. The molecule has 0 aliphatic rings. The smallest absolute Gasteiger partial charge is 0.315 e. The zero-order valence-electron chi connectivity index (χ0n) is 8.65. The first-order valence-corrected chi connectivity index (χ1v) is 5.87. The maximum atomic E-state index is 5.59. The fraction of sp³-hybridized carbons (Fsp3) is 0.750. The predicted molar refractivity (Wildman–Crippen MR) is 58.4 cm³/mol. The van der Waals surface area contributed by atoms with Gasteiger partial charge in [0.05, 0.1) is 6.04 Å². The Hall–Kier alpha value is -0.750. The molecular weight excluding hydrogens is 200 g/mol. The van der Waals surface area contributed by atoms with E-state index >= 15 is 0 Å². The minimum atomic E-state index is -0.214. The highest BCUT2D eigenvalue weighted by Crippen LogP contribution is 2.12. The average Bonchev–Trinajstić information content (AvgIpc) is 2.53. The summed E-state index contributed by atoms with van der Waals surface area (Å²) in [6.07, 6.45) is 2.05. The van der Waals surface area contributed by atoms with E-state index in [1.54, 1.807) is 11.8 Å². The highest BCUT2D eigenvalue weighted by Gasteiger charge is 2.11. The molecule has 0 fully saturated rings. The van der Waals surface area contributed by atoms with E-state index in [0.29, 0.717) is 17.9 Å². The number of nitrogens with two attached hydrogens (primary N) is 1. The molecule has 0 saturated carbocycles. The van der Waals surface area contributed by atoms with Crippen molar-refractivity contribution >= 4 is 17.8 Å². The molecule has 0 amide bonds. The molecule has 6 heteroatoms. The predicted octanol–water partition coefficient (Wildman–Crippen LogP) is 1.25. The van der Waals surface area contributed by atoms with Gasteiger partial charge in [-0.25, -0.2) is 0 Å². The van der Waals surface area contributed by atoms with Crippen molar-refractivity contribution in [3.8, 4) is 0 Å². The first-order valence-electron chi connectivity index (χ1n) is 4.48. The zero-order valence-corrected chi connectivity index (χ0v) is 9.47. The number of hydrogen-bond acceptors (Lipinski definition) is 6. The van der Waals surface area contributed by atoms with E-state index in [4.69, 9.17) is 10.2 Å². The van der Waals surface area contributed by atoms with Gasteiger partial charge in [0.2, 0.25) is 5.89 Å². The van der Waals surface area contributed by atoms with Crippen LogP contribution in [-0.2, 0) is 0 Å². The van der Waals surface area contributed by atoms with E-state index < -0.39 is 0 Å². The SMILES string of the molecule is CSCC(C)Nc1nnc(C(C)N)o1. The van der Waals surface area contributed by atoms with Crippen LogP contribution in [0.25, 0.3) is 0 Å². The molecular formula is C8H16N4OS. The summed E-state index contributed by atoms with van der Waals surface area (Å²) in [4.78, 5) is 0. The summed E-state index contributed by atoms with van der Waals surface area (Å²) in [6.45, 7) is 3.87. The van der Waals surface area contributed by atoms with Gasteiger partial charge in [0, 0.05) is 11.8 Å².